The van der Waals surface area contributed by atoms with Gasteiger partial charge in [0.2, 0.25) is 0 Å². The number of carboxylic acid groups (broad SMARTS) is 1. The van der Waals surface area contributed by atoms with Crippen LogP contribution in [-0.4, -0.2) is 31.3 Å². The Labute approximate surface area is 93.6 Å². The third-order valence-electron chi connectivity index (χ3n) is 3.39. The Balaban J connectivity index is 2.21. The summed E-state index contributed by atoms with van der Waals surface area (Å²) in [5.41, 5.74) is -0.653. The molecule has 0 aliphatic heterocycles. The first-order valence-corrected chi connectivity index (χ1v) is 5.66. The van der Waals surface area contributed by atoms with Crippen molar-refractivity contribution in [3.63, 3.8) is 0 Å². The van der Waals surface area contributed by atoms with E-state index >= 15 is 0 Å². The quantitative estimate of drug-likeness (QED) is 0.821. The lowest BCUT2D eigenvalue weighted by molar-refractivity contribution is -0.149. The fraction of sp³-hybridized carbons (Fsp3) is 0.800. The van der Waals surface area contributed by atoms with Crippen molar-refractivity contribution in [1.82, 2.24) is 20.2 Å². The first kappa shape index (κ1) is 11.0. The Morgan fingerprint density at radius 2 is 2.19 bits per heavy atom. The smallest absolute Gasteiger partial charge is 0.311 e. The van der Waals surface area contributed by atoms with Gasteiger partial charge in [0, 0.05) is 6.42 Å². The van der Waals surface area contributed by atoms with Gasteiger partial charge in [0.25, 0.3) is 0 Å². The molecule has 0 aromatic carbocycles. The van der Waals surface area contributed by atoms with Crippen molar-refractivity contribution in [2.75, 3.05) is 0 Å². The molecule has 0 spiro atoms. The third kappa shape index (κ3) is 1.79. The highest BCUT2D eigenvalue weighted by Crippen LogP contribution is 2.39. The Hall–Kier alpha value is -1.46. The molecule has 2 rings (SSSR count). The fourth-order valence-electron chi connectivity index (χ4n) is 2.38. The molecule has 0 amide bonds. The van der Waals surface area contributed by atoms with Gasteiger partial charge in [0.1, 0.15) is 0 Å². The Bertz CT molecular complexity index is 382. The van der Waals surface area contributed by atoms with Crippen molar-refractivity contribution in [2.24, 2.45) is 5.41 Å². The maximum atomic E-state index is 11.4. The molecule has 6 nitrogen and oxygen atoms in total. The highest BCUT2D eigenvalue weighted by molar-refractivity contribution is 5.74. The number of rotatable bonds is 4. The number of nitrogens with zero attached hydrogens (tertiary/aromatic N) is 4. The van der Waals surface area contributed by atoms with Gasteiger partial charge >= 0.3 is 5.97 Å². The van der Waals surface area contributed by atoms with E-state index in [1.807, 2.05) is 6.92 Å². The summed E-state index contributed by atoms with van der Waals surface area (Å²) in [4.78, 5) is 11.4. The van der Waals surface area contributed by atoms with Gasteiger partial charge in [-0.15, -0.1) is 5.10 Å². The van der Waals surface area contributed by atoms with Crippen LogP contribution < -0.4 is 0 Å². The standard InChI is InChI=1S/C10H16N4O2/c1-2-8-11-12-13-14(8)7-10(9(15)16)5-3-4-6-10/h2-7H2,1H3,(H,15,16). The zero-order valence-electron chi connectivity index (χ0n) is 9.39. The minimum Gasteiger partial charge on any atom is -0.481 e. The van der Waals surface area contributed by atoms with Crippen LogP contribution in [0.3, 0.4) is 0 Å². The Morgan fingerprint density at radius 1 is 1.50 bits per heavy atom. The maximum Gasteiger partial charge on any atom is 0.311 e. The number of hydrogen-bond donors (Lipinski definition) is 1. The predicted octanol–water partition coefficient (Wildman–Crippen LogP) is 0.880. The van der Waals surface area contributed by atoms with E-state index in [1.54, 1.807) is 4.68 Å². The third-order valence-corrected chi connectivity index (χ3v) is 3.39. The molecule has 1 aliphatic rings. The monoisotopic (exact) mass is 224 g/mol. The van der Waals surface area contributed by atoms with Crippen LogP contribution in [0.1, 0.15) is 38.4 Å². The zero-order chi connectivity index (χ0) is 11.6. The van der Waals surface area contributed by atoms with E-state index < -0.39 is 11.4 Å². The predicted molar refractivity (Wildman–Crippen MR) is 55.7 cm³/mol. The molecule has 1 aromatic rings. The second kappa shape index (κ2) is 4.19. The van der Waals surface area contributed by atoms with E-state index in [1.165, 1.54) is 0 Å². The second-order valence-electron chi connectivity index (χ2n) is 4.40. The summed E-state index contributed by atoms with van der Waals surface area (Å²) in [5, 5.41) is 20.7. The van der Waals surface area contributed by atoms with Gasteiger partial charge in [-0.2, -0.15) is 0 Å². The molecule has 1 saturated carbocycles. The van der Waals surface area contributed by atoms with Gasteiger partial charge in [0.05, 0.1) is 12.0 Å². The van der Waals surface area contributed by atoms with Crippen molar-refractivity contribution in [3.05, 3.63) is 5.82 Å². The molecule has 1 fully saturated rings. The lowest BCUT2D eigenvalue weighted by atomic mass is 9.86. The molecule has 0 radical (unpaired) electrons. The van der Waals surface area contributed by atoms with Gasteiger partial charge in [0.15, 0.2) is 5.82 Å². The van der Waals surface area contributed by atoms with Crippen LogP contribution in [0.2, 0.25) is 0 Å². The van der Waals surface area contributed by atoms with Gasteiger partial charge < -0.3 is 5.11 Å². The summed E-state index contributed by atoms with van der Waals surface area (Å²) in [6.45, 7) is 2.36. The van der Waals surface area contributed by atoms with Crippen LogP contribution >= 0.6 is 0 Å². The topological polar surface area (TPSA) is 80.9 Å². The number of aromatic nitrogens is 4. The van der Waals surface area contributed by atoms with E-state index in [4.69, 9.17) is 0 Å². The first-order valence-electron chi connectivity index (χ1n) is 5.66. The SMILES string of the molecule is CCc1nnnn1CC1(C(=O)O)CCCC1. The number of aliphatic carboxylic acids is 1. The molecule has 1 N–H and O–H groups in total. The summed E-state index contributed by atoms with van der Waals surface area (Å²) in [6, 6.07) is 0. The van der Waals surface area contributed by atoms with Crippen molar-refractivity contribution in [3.8, 4) is 0 Å². The van der Waals surface area contributed by atoms with Crippen LogP contribution in [0.15, 0.2) is 0 Å². The number of aryl methyl sites for hydroxylation is 1. The largest absolute Gasteiger partial charge is 0.481 e. The molecular weight excluding hydrogens is 208 g/mol. The number of tetrazole rings is 1. The van der Waals surface area contributed by atoms with Crippen LogP contribution in [-0.2, 0) is 17.8 Å². The van der Waals surface area contributed by atoms with Crippen LogP contribution in [0.4, 0.5) is 0 Å². The van der Waals surface area contributed by atoms with E-state index in [9.17, 15) is 9.90 Å². The molecule has 88 valence electrons. The van der Waals surface area contributed by atoms with Crippen molar-refractivity contribution in [1.29, 1.82) is 0 Å². The highest BCUT2D eigenvalue weighted by Gasteiger charge is 2.42. The number of carbonyl (C=O) groups is 1. The number of hydrogen-bond acceptors (Lipinski definition) is 4. The summed E-state index contributed by atoms with van der Waals surface area (Å²) >= 11 is 0. The highest BCUT2D eigenvalue weighted by atomic mass is 16.4. The molecule has 1 heterocycles. The van der Waals surface area contributed by atoms with E-state index in [2.05, 4.69) is 15.5 Å². The van der Waals surface area contributed by atoms with Crippen molar-refractivity contribution < 1.29 is 9.90 Å². The van der Waals surface area contributed by atoms with E-state index in [0.29, 0.717) is 6.54 Å². The maximum absolute atomic E-state index is 11.4. The minimum absolute atomic E-state index is 0.401. The summed E-state index contributed by atoms with van der Waals surface area (Å²) < 4.78 is 1.64. The van der Waals surface area contributed by atoms with Gasteiger partial charge in [-0.25, -0.2) is 4.68 Å². The molecule has 0 saturated heterocycles. The molecular formula is C10H16N4O2. The van der Waals surface area contributed by atoms with Gasteiger partial charge in [-0.3, -0.25) is 4.79 Å². The molecule has 1 aromatic heterocycles. The van der Waals surface area contributed by atoms with Crippen LogP contribution in [0, 0.1) is 5.41 Å². The van der Waals surface area contributed by atoms with Crippen LogP contribution in [0.5, 0.6) is 0 Å². The van der Waals surface area contributed by atoms with E-state index in [-0.39, 0.29) is 0 Å². The van der Waals surface area contributed by atoms with Gasteiger partial charge in [-0.1, -0.05) is 19.8 Å². The van der Waals surface area contributed by atoms with Crippen LogP contribution in [0.25, 0.3) is 0 Å². The van der Waals surface area contributed by atoms with E-state index in [0.717, 1.165) is 37.9 Å². The fourth-order valence-corrected chi connectivity index (χ4v) is 2.38. The van der Waals surface area contributed by atoms with Crippen molar-refractivity contribution in [2.45, 2.75) is 45.6 Å². The molecule has 1 aliphatic carbocycles. The average Bonchev–Trinajstić information content (AvgIpc) is 2.88. The van der Waals surface area contributed by atoms with Gasteiger partial charge in [-0.05, 0) is 23.3 Å². The number of carboxylic acids is 1. The Morgan fingerprint density at radius 3 is 2.75 bits per heavy atom. The summed E-state index contributed by atoms with van der Waals surface area (Å²) in [5.74, 6) is 0.0371. The van der Waals surface area contributed by atoms with Crippen molar-refractivity contribution >= 4 is 5.97 Å². The first-order chi connectivity index (χ1) is 7.68. The lowest BCUT2D eigenvalue weighted by Crippen LogP contribution is -2.33. The zero-order valence-corrected chi connectivity index (χ0v) is 9.39. The summed E-state index contributed by atoms with van der Waals surface area (Å²) in [7, 11) is 0. The molecule has 0 bridgehead atoms. The normalized spacial score (nSPS) is 18.8. The summed E-state index contributed by atoms with van der Waals surface area (Å²) in [6.07, 6.45) is 4.14. The lowest BCUT2D eigenvalue weighted by Gasteiger charge is -2.23. The molecule has 0 atom stereocenters. The second-order valence-corrected chi connectivity index (χ2v) is 4.40. The molecule has 0 unspecified atom stereocenters. The average molecular weight is 224 g/mol. The minimum atomic E-state index is -0.720. The molecule has 16 heavy (non-hydrogen) atoms. The molecule has 6 heteroatoms. The Kier molecular flexibility index (Phi) is 2.89.